The second-order valence-corrected chi connectivity index (χ2v) is 6.15. The first kappa shape index (κ1) is 15.3. The number of para-hydroxylation sites is 1. The molecule has 24 heavy (non-hydrogen) atoms. The Morgan fingerprint density at radius 3 is 2.79 bits per heavy atom. The van der Waals surface area contributed by atoms with E-state index in [9.17, 15) is 9.18 Å². The molecule has 2 fully saturated rings. The van der Waals surface area contributed by atoms with Gasteiger partial charge >= 0.3 is 0 Å². The molecule has 1 amide bonds. The number of fused-ring (bicyclic) bond motifs is 1. The van der Waals surface area contributed by atoms with E-state index in [-0.39, 0.29) is 17.8 Å². The van der Waals surface area contributed by atoms with E-state index in [1.165, 1.54) is 12.4 Å². The Balaban J connectivity index is 1.50. The molecule has 0 saturated carbocycles. The molecule has 2 aromatic rings. The van der Waals surface area contributed by atoms with Gasteiger partial charge in [-0.3, -0.25) is 4.79 Å². The Morgan fingerprint density at radius 1 is 1.21 bits per heavy atom. The number of amides is 1. The summed E-state index contributed by atoms with van der Waals surface area (Å²) in [5.41, 5.74) is 0.334. The first-order valence-corrected chi connectivity index (χ1v) is 8.28. The number of piperazine rings is 1. The van der Waals surface area contributed by atoms with Crippen LogP contribution in [0.3, 0.4) is 0 Å². The lowest BCUT2D eigenvalue weighted by molar-refractivity contribution is -0.141. The van der Waals surface area contributed by atoms with Crippen molar-refractivity contribution >= 4 is 22.6 Å². The summed E-state index contributed by atoms with van der Waals surface area (Å²) >= 11 is 0. The van der Waals surface area contributed by atoms with Crippen molar-refractivity contribution in [1.29, 1.82) is 0 Å². The molecule has 0 aliphatic carbocycles. The summed E-state index contributed by atoms with van der Waals surface area (Å²) in [5.74, 6) is 0.470. The molecule has 1 unspecified atom stereocenters. The summed E-state index contributed by atoms with van der Waals surface area (Å²) in [7, 11) is 0. The van der Waals surface area contributed by atoms with E-state index in [1.807, 2.05) is 11.0 Å². The van der Waals surface area contributed by atoms with Gasteiger partial charge in [-0.2, -0.15) is 0 Å². The fourth-order valence-corrected chi connectivity index (χ4v) is 3.40. The lowest BCUT2D eigenvalue weighted by Crippen LogP contribution is -2.51. The minimum atomic E-state index is -0.344. The van der Waals surface area contributed by atoms with Crippen LogP contribution < -0.4 is 4.90 Å². The van der Waals surface area contributed by atoms with Crippen molar-refractivity contribution in [3.05, 3.63) is 30.3 Å². The van der Waals surface area contributed by atoms with Gasteiger partial charge < -0.3 is 14.5 Å². The van der Waals surface area contributed by atoms with Crippen molar-refractivity contribution in [2.45, 2.75) is 18.9 Å². The van der Waals surface area contributed by atoms with E-state index in [0.717, 1.165) is 18.7 Å². The van der Waals surface area contributed by atoms with Gasteiger partial charge in [0.15, 0.2) is 0 Å². The summed E-state index contributed by atoms with van der Waals surface area (Å²) in [5, 5.41) is 0.705. The van der Waals surface area contributed by atoms with Crippen LogP contribution in [0.1, 0.15) is 12.8 Å². The highest BCUT2D eigenvalue weighted by Crippen LogP contribution is 2.25. The van der Waals surface area contributed by atoms with Crippen LogP contribution in [0.2, 0.25) is 0 Å². The maximum absolute atomic E-state index is 13.9. The first-order valence-electron chi connectivity index (χ1n) is 8.28. The molecule has 2 saturated heterocycles. The maximum atomic E-state index is 13.9. The first-order chi connectivity index (χ1) is 11.7. The molecule has 1 aromatic carbocycles. The number of halogens is 1. The lowest BCUT2D eigenvalue weighted by atomic mass is 10.2. The molecular weight excluding hydrogens is 311 g/mol. The average Bonchev–Trinajstić information content (AvgIpc) is 3.16. The number of hydrogen-bond acceptors (Lipinski definition) is 5. The Morgan fingerprint density at radius 2 is 2.04 bits per heavy atom. The minimum Gasteiger partial charge on any atom is -0.368 e. The number of benzene rings is 1. The van der Waals surface area contributed by atoms with Crippen LogP contribution in [-0.4, -0.2) is 59.7 Å². The Kier molecular flexibility index (Phi) is 4.02. The standard InChI is InChI=1S/C17H19FN4O2/c18-13-4-1-3-12-15(13)19-11-20-16(12)21-6-8-22(9-7-21)17(23)14-5-2-10-24-14/h1,3-4,11,14H,2,5-10H2. The van der Waals surface area contributed by atoms with Gasteiger partial charge in [-0.05, 0) is 25.0 Å². The van der Waals surface area contributed by atoms with Crippen LogP contribution in [0, 0.1) is 5.82 Å². The zero-order chi connectivity index (χ0) is 16.5. The third-order valence-corrected chi connectivity index (χ3v) is 4.69. The van der Waals surface area contributed by atoms with Crippen LogP contribution in [0.5, 0.6) is 0 Å². The van der Waals surface area contributed by atoms with Crippen LogP contribution in [0.4, 0.5) is 10.2 Å². The topological polar surface area (TPSA) is 58.6 Å². The van der Waals surface area contributed by atoms with Crippen molar-refractivity contribution in [2.75, 3.05) is 37.7 Å². The minimum absolute atomic E-state index is 0.0886. The second-order valence-electron chi connectivity index (χ2n) is 6.15. The average molecular weight is 330 g/mol. The van der Waals surface area contributed by atoms with Gasteiger partial charge in [-0.15, -0.1) is 0 Å². The number of carbonyl (C=O) groups excluding carboxylic acids is 1. The number of aromatic nitrogens is 2. The number of rotatable bonds is 2. The summed E-state index contributed by atoms with van der Waals surface area (Å²) in [6.07, 6.45) is 2.89. The van der Waals surface area contributed by atoms with Crippen LogP contribution >= 0.6 is 0 Å². The molecule has 6 nitrogen and oxygen atoms in total. The molecule has 126 valence electrons. The third kappa shape index (κ3) is 2.69. The Hall–Kier alpha value is -2.28. The largest absolute Gasteiger partial charge is 0.368 e. The normalized spacial score (nSPS) is 21.5. The van der Waals surface area contributed by atoms with Gasteiger partial charge in [0.2, 0.25) is 0 Å². The van der Waals surface area contributed by atoms with Crippen molar-refractivity contribution in [2.24, 2.45) is 0 Å². The maximum Gasteiger partial charge on any atom is 0.251 e. The van der Waals surface area contributed by atoms with Gasteiger partial charge in [0.1, 0.15) is 29.6 Å². The fraction of sp³-hybridized carbons (Fsp3) is 0.471. The summed E-state index contributed by atoms with van der Waals surface area (Å²) in [6, 6.07) is 4.90. The number of ether oxygens (including phenoxy) is 1. The van der Waals surface area contributed by atoms with Gasteiger partial charge in [-0.25, -0.2) is 14.4 Å². The predicted octanol–water partition coefficient (Wildman–Crippen LogP) is 1.60. The quantitative estimate of drug-likeness (QED) is 0.837. The molecular formula is C17H19FN4O2. The zero-order valence-corrected chi connectivity index (χ0v) is 13.3. The molecule has 1 aromatic heterocycles. The van der Waals surface area contributed by atoms with Crippen molar-refractivity contribution in [1.82, 2.24) is 14.9 Å². The zero-order valence-electron chi connectivity index (χ0n) is 13.3. The Bertz CT molecular complexity index is 755. The van der Waals surface area contributed by atoms with E-state index >= 15 is 0 Å². The molecule has 0 spiro atoms. The molecule has 0 N–H and O–H groups in total. The third-order valence-electron chi connectivity index (χ3n) is 4.69. The molecule has 1 atom stereocenters. The summed E-state index contributed by atoms with van der Waals surface area (Å²) in [4.78, 5) is 24.7. The molecule has 7 heteroatoms. The lowest BCUT2D eigenvalue weighted by Gasteiger charge is -2.36. The highest BCUT2D eigenvalue weighted by Gasteiger charge is 2.30. The molecule has 2 aliphatic rings. The van der Waals surface area contributed by atoms with Crippen molar-refractivity contribution in [3.63, 3.8) is 0 Å². The van der Waals surface area contributed by atoms with E-state index in [4.69, 9.17) is 4.74 Å². The number of carbonyl (C=O) groups is 1. The SMILES string of the molecule is O=C(C1CCCO1)N1CCN(c2ncnc3c(F)cccc23)CC1. The van der Waals surface area contributed by atoms with Gasteiger partial charge in [-0.1, -0.05) is 6.07 Å². The van der Waals surface area contributed by atoms with Gasteiger partial charge in [0.25, 0.3) is 5.91 Å². The highest BCUT2D eigenvalue weighted by atomic mass is 19.1. The number of anilines is 1. The van der Waals surface area contributed by atoms with E-state index < -0.39 is 0 Å². The Labute approximate surface area is 139 Å². The number of nitrogens with zero attached hydrogens (tertiary/aromatic N) is 4. The molecule has 3 heterocycles. The second kappa shape index (κ2) is 6.32. The van der Waals surface area contributed by atoms with Gasteiger partial charge in [0, 0.05) is 38.2 Å². The van der Waals surface area contributed by atoms with Crippen LogP contribution in [-0.2, 0) is 9.53 Å². The van der Waals surface area contributed by atoms with Crippen molar-refractivity contribution < 1.29 is 13.9 Å². The van der Waals surface area contributed by atoms with Gasteiger partial charge in [0.05, 0.1) is 0 Å². The monoisotopic (exact) mass is 330 g/mol. The highest BCUT2D eigenvalue weighted by molar-refractivity contribution is 5.89. The van der Waals surface area contributed by atoms with E-state index in [1.54, 1.807) is 6.07 Å². The van der Waals surface area contributed by atoms with E-state index in [2.05, 4.69) is 14.9 Å². The molecule has 4 rings (SSSR count). The molecule has 2 aliphatic heterocycles. The smallest absolute Gasteiger partial charge is 0.251 e. The van der Waals surface area contributed by atoms with Crippen LogP contribution in [0.15, 0.2) is 24.5 Å². The van der Waals surface area contributed by atoms with E-state index in [0.29, 0.717) is 43.7 Å². The number of hydrogen-bond donors (Lipinski definition) is 0. The van der Waals surface area contributed by atoms with Crippen molar-refractivity contribution in [3.8, 4) is 0 Å². The fourth-order valence-electron chi connectivity index (χ4n) is 3.40. The predicted molar refractivity (Wildman–Crippen MR) is 87.3 cm³/mol. The molecule has 0 bridgehead atoms. The summed E-state index contributed by atoms with van der Waals surface area (Å²) in [6.45, 7) is 3.26. The summed E-state index contributed by atoms with van der Waals surface area (Å²) < 4.78 is 19.4. The molecule has 0 radical (unpaired) electrons. The van der Waals surface area contributed by atoms with Crippen LogP contribution in [0.25, 0.3) is 10.9 Å².